The summed E-state index contributed by atoms with van der Waals surface area (Å²) in [6.07, 6.45) is 5.26. The summed E-state index contributed by atoms with van der Waals surface area (Å²) in [4.78, 5) is 18.6. The van der Waals surface area contributed by atoms with Gasteiger partial charge in [0, 0.05) is 24.4 Å². The number of nitrogens with zero attached hydrogens (tertiary/aromatic N) is 4. The fourth-order valence-electron chi connectivity index (χ4n) is 2.39. The molecule has 0 aliphatic carbocycles. The molecule has 5 nitrogen and oxygen atoms in total. The molecule has 2 heterocycles. The van der Waals surface area contributed by atoms with Crippen molar-refractivity contribution < 1.29 is 4.79 Å². The van der Waals surface area contributed by atoms with Crippen LogP contribution in [0.2, 0.25) is 0 Å². The molecule has 2 aromatic heterocycles. The first kappa shape index (κ1) is 19.7. The zero-order chi connectivity index (χ0) is 18.6. The molecular formula is C16H19B3N4OS. The van der Waals surface area contributed by atoms with Crippen LogP contribution in [0.1, 0.15) is 19.5 Å². The summed E-state index contributed by atoms with van der Waals surface area (Å²) >= 11 is 1.16. The number of thioether (sulfide) groups is 1. The average molecular weight is 348 g/mol. The van der Waals surface area contributed by atoms with E-state index in [1.807, 2.05) is 39.1 Å². The van der Waals surface area contributed by atoms with Crippen LogP contribution in [0.5, 0.6) is 0 Å². The summed E-state index contributed by atoms with van der Waals surface area (Å²) in [6, 6.07) is 3.75. The van der Waals surface area contributed by atoms with Crippen molar-refractivity contribution in [2.24, 2.45) is 5.92 Å². The van der Waals surface area contributed by atoms with E-state index in [0.717, 1.165) is 28.8 Å². The maximum Gasteiger partial charge on any atom is 0.230 e. The first-order chi connectivity index (χ1) is 11.7. The Labute approximate surface area is 157 Å². The van der Waals surface area contributed by atoms with Crippen LogP contribution in [0.15, 0.2) is 30.7 Å². The largest absolute Gasteiger partial charge is 0.309 e. The molecule has 9 heteroatoms. The van der Waals surface area contributed by atoms with Crippen molar-refractivity contribution in [2.75, 3.05) is 17.2 Å². The lowest BCUT2D eigenvalue weighted by Gasteiger charge is -2.26. The van der Waals surface area contributed by atoms with Gasteiger partial charge in [-0.05, 0) is 26.0 Å². The number of amides is 1. The second-order valence-corrected chi connectivity index (χ2v) is 7.23. The number of pyridine rings is 1. The number of carbonyl (C=O) groups is 1. The van der Waals surface area contributed by atoms with E-state index in [-0.39, 0.29) is 11.8 Å². The van der Waals surface area contributed by atoms with E-state index >= 15 is 0 Å². The van der Waals surface area contributed by atoms with Gasteiger partial charge in [0.1, 0.15) is 0 Å². The Morgan fingerprint density at radius 1 is 1.44 bits per heavy atom. The fourth-order valence-corrected chi connectivity index (χ4v) is 3.07. The zero-order valence-electron chi connectivity index (χ0n) is 14.7. The minimum Gasteiger partial charge on any atom is -0.309 e. The number of carbonyl (C=O) groups excluding carboxylic acids is 1. The molecule has 1 atom stereocenters. The molecule has 0 bridgehead atoms. The molecule has 0 spiro atoms. The highest BCUT2D eigenvalue weighted by Gasteiger charge is 2.25. The van der Waals surface area contributed by atoms with Crippen LogP contribution in [-0.4, -0.2) is 61.0 Å². The van der Waals surface area contributed by atoms with Gasteiger partial charge in [-0.15, -0.1) is 0 Å². The molecule has 0 aliphatic heterocycles. The molecule has 1 amide bonds. The second kappa shape index (κ2) is 8.17. The molecule has 2 rings (SSSR count). The number of hydrogen-bond acceptors (Lipinski definition) is 4. The van der Waals surface area contributed by atoms with Gasteiger partial charge >= 0.3 is 0 Å². The molecule has 0 N–H and O–H groups in total. The molecule has 0 aromatic carbocycles. The second-order valence-electron chi connectivity index (χ2n) is 5.90. The van der Waals surface area contributed by atoms with Crippen molar-refractivity contribution >= 4 is 46.9 Å². The van der Waals surface area contributed by atoms with Gasteiger partial charge < -0.3 is 4.90 Å². The highest BCUT2D eigenvalue weighted by Crippen LogP contribution is 2.25. The van der Waals surface area contributed by atoms with E-state index in [2.05, 4.69) is 10.1 Å². The summed E-state index contributed by atoms with van der Waals surface area (Å²) in [6.45, 7) is 6.18. The topological polar surface area (TPSA) is 51.0 Å². The molecule has 2 aromatic rings. The Balaban J connectivity index is 2.20. The normalized spacial score (nSPS) is 12.8. The molecule has 0 saturated carbocycles. The van der Waals surface area contributed by atoms with Crippen LogP contribution in [0.25, 0.3) is 5.69 Å². The fraction of sp³-hybridized carbons (Fsp3) is 0.438. The summed E-state index contributed by atoms with van der Waals surface area (Å²) in [5, 5.41) is 4.49. The monoisotopic (exact) mass is 348 g/mol. The van der Waals surface area contributed by atoms with Gasteiger partial charge in [0.25, 0.3) is 0 Å². The van der Waals surface area contributed by atoms with Crippen molar-refractivity contribution in [3.05, 3.63) is 36.4 Å². The highest BCUT2D eigenvalue weighted by molar-refractivity contribution is 8.04. The van der Waals surface area contributed by atoms with Crippen molar-refractivity contribution in [3.8, 4) is 5.69 Å². The summed E-state index contributed by atoms with van der Waals surface area (Å²) < 4.78 is 0.379. The predicted octanol–water partition coefficient (Wildman–Crippen LogP) is 1.41. The van der Waals surface area contributed by atoms with E-state index in [9.17, 15) is 4.79 Å². The van der Waals surface area contributed by atoms with Crippen molar-refractivity contribution in [3.63, 3.8) is 0 Å². The van der Waals surface area contributed by atoms with Gasteiger partial charge in [-0.25, -0.2) is 4.68 Å². The Hall–Kier alpha value is -1.63. The van der Waals surface area contributed by atoms with Gasteiger partial charge in [-0.1, -0.05) is 11.4 Å². The summed E-state index contributed by atoms with van der Waals surface area (Å²) in [5.41, 5.74) is 2.38. The van der Waals surface area contributed by atoms with E-state index in [1.54, 1.807) is 22.0 Å². The van der Waals surface area contributed by atoms with Crippen LogP contribution < -0.4 is 4.90 Å². The Bertz CT molecular complexity index is 718. The molecule has 6 radical (unpaired) electrons. The Kier molecular flexibility index (Phi) is 6.44. The van der Waals surface area contributed by atoms with Crippen molar-refractivity contribution in [2.45, 2.75) is 25.2 Å². The Morgan fingerprint density at radius 3 is 2.72 bits per heavy atom. The lowest BCUT2D eigenvalue weighted by Crippen LogP contribution is -2.37. The molecule has 25 heavy (non-hydrogen) atoms. The van der Waals surface area contributed by atoms with Crippen LogP contribution in [0.4, 0.5) is 5.69 Å². The maximum absolute atomic E-state index is 12.8. The highest BCUT2D eigenvalue weighted by atomic mass is 32.2. The van der Waals surface area contributed by atoms with E-state index < -0.39 is 4.45 Å². The predicted molar refractivity (Wildman–Crippen MR) is 106 cm³/mol. The SMILES string of the molecule is [B]C([B])([B])SCC(C)C(=O)N(CC)c1cn(-c2cccnc2)nc1C. The molecule has 1 unspecified atom stereocenters. The van der Waals surface area contributed by atoms with Crippen LogP contribution >= 0.6 is 11.8 Å². The van der Waals surface area contributed by atoms with Gasteiger partial charge in [-0.2, -0.15) is 16.9 Å². The van der Waals surface area contributed by atoms with Crippen molar-refractivity contribution in [1.82, 2.24) is 14.8 Å². The minimum absolute atomic E-state index is 0.0203. The number of hydrogen-bond donors (Lipinski definition) is 0. The number of aromatic nitrogens is 3. The average Bonchev–Trinajstić information content (AvgIpc) is 2.95. The number of aryl methyl sites for hydroxylation is 1. The van der Waals surface area contributed by atoms with E-state index in [1.165, 1.54) is 0 Å². The van der Waals surface area contributed by atoms with Gasteiger partial charge in [0.05, 0.1) is 53.0 Å². The van der Waals surface area contributed by atoms with E-state index in [0.29, 0.717) is 12.3 Å². The number of rotatable bonds is 7. The Morgan fingerprint density at radius 2 is 2.16 bits per heavy atom. The first-order valence-corrected chi connectivity index (χ1v) is 9.00. The standard InChI is InChI=1S/C16H19B3N4OS/c1-4-22(15(24)11(2)10-25-16(17,18)19)14-9-23(21-12(14)3)13-6-5-7-20-8-13/h5-9,11H,4,10H2,1-3H3. The first-order valence-electron chi connectivity index (χ1n) is 8.01. The molecular weight excluding hydrogens is 329 g/mol. The molecule has 0 aliphatic rings. The maximum atomic E-state index is 12.8. The van der Waals surface area contributed by atoms with Gasteiger partial charge in [0.15, 0.2) is 0 Å². The summed E-state index contributed by atoms with van der Waals surface area (Å²) in [7, 11) is 16.7. The van der Waals surface area contributed by atoms with Crippen LogP contribution in [-0.2, 0) is 4.79 Å². The zero-order valence-corrected chi connectivity index (χ0v) is 15.5. The quantitative estimate of drug-likeness (QED) is 0.711. The third-order valence-electron chi connectivity index (χ3n) is 3.66. The molecule has 124 valence electrons. The summed E-state index contributed by atoms with van der Waals surface area (Å²) in [5.74, 6) is 0.142. The lowest BCUT2D eigenvalue weighted by molar-refractivity contribution is -0.121. The van der Waals surface area contributed by atoms with Gasteiger partial charge in [0.2, 0.25) is 5.91 Å². The van der Waals surface area contributed by atoms with Gasteiger partial charge in [-0.3, -0.25) is 9.78 Å². The minimum atomic E-state index is -1.34. The smallest absolute Gasteiger partial charge is 0.230 e. The molecule has 0 fully saturated rings. The van der Waals surface area contributed by atoms with E-state index in [4.69, 9.17) is 23.5 Å². The number of anilines is 1. The third kappa shape index (κ3) is 5.17. The lowest BCUT2D eigenvalue weighted by atomic mass is 9.56. The molecule has 0 saturated heterocycles. The van der Waals surface area contributed by atoms with Crippen molar-refractivity contribution in [1.29, 1.82) is 0 Å². The third-order valence-corrected chi connectivity index (χ3v) is 4.83. The van der Waals surface area contributed by atoms with Crippen LogP contribution in [0, 0.1) is 12.8 Å². The van der Waals surface area contributed by atoms with Crippen LogP contribution in [0.3, 0.4) is 0 Å².